The number of hydrogen-bond acceptors (Lipinski definition) is 3. The highest BCUT2D eigenvalue weighted by atomic mass is 35.5. The van der Waals surface area contributed by atoms with Gasteiger partial charge in [-0.2, -0.15) is 13.2 Å². The summed E-state index contributed by atoms with van der Waals surface area (Å²) in [5.74, 6) is -0.872. The zero-order valence-electron chi connectivity index (χ0n) is 13.3. The molecule has 138 valence electrons. The third-order valence-corrected chi connectivity index (χ3v) is 4.93. The van der Waals surface area contributed by atoms with Crippen molar-refractivity contribution < 1.29 is 18.0 Å². The number of anilines is 2. The van der Waals surface area contributed by atoms with E-state index in [-0.39, 0.29) is 21.9 Å². The average Bonchev–Trinajstić information content (AvgIpc) is 2.54. The van der Waals surface area contributed by atoms with Gasteiger partial charge in [0.1, 0.15) is 5.82 Å². The quantitative estimate of drug-likeness (QED) is 0.714. The maximum Gasteiger partial charge on any atom is 0.417 e. The Morgan fingerprint density at radius 1 is 1.23 bits per heavy atom. The molecule has 1 aromatic carbocycles. The lowest BCUT2D eigenvalue weighted by Gasteiger charge is -2.27. The Hall–Kier alpha value is -1.99. The van der Waals surface area contributed by atoms with E-state index in [4.69, 9.17) is 23.2 Å². The number of carbonyl (C=O) groups is 1. The molecule has 1 aliphatic carbocycles. The van der Waals surface area contributed by atoms with E-state index in [1.54, 1.807) is 18.2 Å². The fourth-order valence-corrected chi connectivity index (χ4v) is 2.84. The van der Waals surface area contributed by atoms with Crippen LogP contribution in [0.5, 0.6) is 0 Å². The van der Waals surface area contributed by atoms with Crippen molar-refractivity contribution in [2.75, 3.05) is 5.32 Å². The zero-order chi connectivity index (χ0) is 18.9. The number of amides is 1. The lowest BCUT2D eigenvalue weighted by atomic mass is 9.93. The first kappa shape index (κ1) is 18.8. The minimum absolute atomic E-state index is 0.0772. The highest BCUT2D eigenvalue weighted by molar-refractivity contribution is 6.43. The van der Waals surface area contributed by atoms with Crippen LogP contribution in [0, 0.1) is 0 Å². The number of alkyl halides is 3. The Balaban J connectivity index is 1.91. The van der Waals surface area contributed by atoms with E-state index in [1.165, 1.54) is 0 Å². The number of hydrogen-bond donors (Lipinski definition) is 2. The molecule has 0 saturated heterocycles. The summed E-state index contributed by atoms with van der Waals surface area (Å²) in [5, 5.41) is 5.71. The van der Waals surface area contributed by atoms with Crippen LogP contribution in [-0.4, -0.2) is 16.9 Å². The van der Waals surface area contributed by atoms with Gasteiger partial charge in [-0.25, -0.2) is 4.98 Å². The van der Waals surface area contributed by atoms with E-state index in [9.17, 15) is 18.0 Å². The van der Waals surface area contributed by atoms with Crippen LogP contribution in [0.4, 0.5) is 24.7 Å². The lowest BCUT2D eigenvalue weighted by molar-refractivity contribution is -0.138. The van der Waals surface area contributed by atoms with Gasteiger partial charge in [0.15, 0.2) is 0 Å². The normalized spacial score (nSPS) is 14.7. The van der Waals surface area contributed by atoms with Crippen molar-refractivity contribution in [1.82, 2.24) is 10.3 Å². The van der Waals surface area contributed by atoms with Crippen LogP contribution in [0.3, 0.4) is 0 Å². The fraction of sp³-hybridized carbons (Fsp3) is 0.294. The largest absolute Gasteiger partial charge is 0.417 e. The fourth-order valence-electron chi connectivity index (χ4n) is 2.49. The molecule has 2 N–H and O–H groups in total. The van der Waals surface area contributed by atoms with E-state index in [2.05, 4.69) is 15.6 Å². The van der Waals surface area contributed by atoms with Crippen LogP contribution in [0.2, 0.25) is 10.0 Å². The molecular weight excluding hydrogens is 390 g/mol. The second-order valence-corrected chi connectivity index (χ2v) is 6.73. The van der Waals surface area contributed by atoms with E-state index >= 15 is 0 Å². The molecule has 3 rings (SSSR count). The van der Waals surface area contributed by atoms with Gasteiger partial charge < -0.3 is 10.6 Å². The van der Waals surface area contributed by atoms with Crippen LogP contribution < -0.4 is 10.6 Å². The molecule has 9 heteroatoms. The smallest absolute Gasteiger partial charge is 0.349 e. The van der Waals surface area contributed by atoms with Gasteiger partial charge in [-0.05, 0) is 37.5 Å². The Morgan fingerprint density at radius 3 is 2.58 bits per heavy atom. The van der Waals surface area contributed by atoms with Gasteiger partial charge in [-0.3, -0.25) is 4.79 Å². The van der Waals surface area contributed by atoms with Crippen molar-refractivity contribution >= 4 is 40.6 Å². The highest BCUT2D eigenvalue weighted by Gasteiger charge is 2.36. The van der Waals surface area contributed by atoms with Crippen molar-refractivity contribution in [3.05, 3.63) is 51.6 Å². The van der Waals surface area contributed by atoms with Gasteiger partial charge in [-0.15, -0.1) is 0 Å². The average molecular weight is 404 g/mol. The molecule has 0 unspecified atom stereocenters. The van der Waals surface area contributed by atoms with Crippen LogP contribution in [-0.2, 0) is 6.18 Å². The summed E-state index contributed by atoms with van der Waals surface area (Å²) >= 11 is 11.9. The molecule has 1 aromatic heterocycles. The standard InChI is InChI=1S/C17H14Cl2F3N3O/c18-12-5-2-6-13(15(12)19)25-14-7-11(17(20,21)22)10(8-23-14)16(26)24-9-3-1-4-9/h2,5-9H,1,3-4H2,(H,23,25)(H,24,26). The molecule has 1 amide bonds. The van der Waals surface area contributed by atoms with E-state index in [0.717, 1.165) is 31.5 Å². The molecule has 26 heavy (non-hydrogen) atoms. The third kappa shape index (κ3) is 4.04. The Bertz CT molecular complexity index is 838. The second kappa shape index (κ2) is 7.32. The number of aromatic nitrogens is 1. The minimum Gasteiger partial charge on any atom is -0.349 e. The molecule has 1 fully saturated rings. The number of carbonyl (C=O) groups excluding carboxylic acids is 1. The third-order valence-electron chi connectivity index (χ3n) is 4.11. The summed E-state index contributed by atoms with van der Waals surface area (Å²) in [6, 6.07) is 5.42. The SMILES string of the molecule is O=C(NC1CCC1)c1cnc(Nc2cccc(Cl)c2Cl)cc1C(F)(F)F. The van der Waals surface area contributed by atoms with Crippen molar-refractivity contribution in [2.45, 2.75) is 31.5 Å². The summed E-state index contributed by atoms with van der Waals surface area (Å²) in [7, 11) is 0. The second-order valence-electron chi connectivity index (χ2n) is 5.94. The zero-order valence-corrected chi connectivity index (χ0v) is 14.8. The molecule has 1 saturated carbocycles. The van der Waals surface area contributed by atoms with Gasteiger partial charge in [-0.1, -0.05) is 29.3 Å². The molecule has 2 aromatic rings. The number of nitrogens with zero attached hydrogens (tertiary/aromatic N) is 1. The minimum atomic E-state index is -4.70. The molecule has 4 nitrogen and oxygen atoms in total. The summed E-state index contributed by atoms with van der Waals surface area (Å²) in [6.07, 6.45) is -1.29. The van der Waals surface area contributed by atoms with E-state index < -0.39 is 23.2 Å². The number of nitrogens with one attached hydrogen (secondary N) is 2. The predicted molar refractivity (Wildman–Crippen MR) is 94.1 cm³/mol. The first-order chi connectivity index (χ1) is 12.3. The molecule has 0 atom stereocenters. The number of rotatable bonds is 4. The van der Waals surface area contributed by atoms with Crippen LogP contribution in [0.1, 0.15) is 35.2 Å². The van der Waals surface area contributed by atoms with Crippen LogP contribution >= 0.6 is 23.2 Å². The number of pyridine rings is 1. The van der Waals surface area contributed by atoms with Crippen LogP contribution in [0.25, 0.3) is 0 Å². The first-order valence-corrected chi connectivity index (χ1v) is 8.60. The Labute approximate surface area is 157 Å². The summed E-state index contributed by atoms with van der Waals surface area (Å²) < 4.78 is 40.3. The summed E-state index contributed by atoms with van der Waals surface area (Å²) in [4.78, 5) is 16.1. The highest BCUT2D eigenvalue weighted by Crippen LogP contribution is 2.35. The topological polar surface area (TPSA) is 54.0 Å². The van der Waals surface area contributed by atoms with E-state index in [1.807, 2.05) is 0 Å². The molecule has 0 spiro atoms. The van der Waals surface area contributed by atoms with Crippen molar-refractivity contribution in [1.29, 1.82) is 0 Å². The molecule has 0 radical (unpaired) electrons. The maximum atomic E-state index is 13.4. The van der Waals surface area contributed by atoms with Crippen molar-refractivity contribution in [3.63, 3.8) is 0 Å². The molecule has 0 aliphatic heterocycles. The summed E-state index contributed by atoms with van der Waals surface area (Å²) in [5.41, 5.74) is -1.26. The van der Waals surface area contributed by atoms with Crippen LogP contribution in [0.15, 0.2) is 30.5 Å². The maximum absolute atomic E-state index is 13.4. The number of benzene rings is 1. The van der Waals surface area contributed by atoms with Gasteiger partial charge in [0.2, 0.25) is 0 Å². The summed E-state index contributed by atoms with van der Waals surface area (Å²) in [6.45, 7) is 0. The first-order valence-electron chi connectivity index (χ1n) is 7.85. The number of halogens is 5. The van der Waals surface area contributed by atoms with Gasteiger partial charge in [0.25, 0.3) is 5.91 Å². The molecule has 1 heterocycles. The lowest BCUT2D eigenvalue weighted by Crippen LogP contribution is -2.40. The van der Waals surface area contributed by atoms with E-state index in [0.29, 0.717) is 5.69 Å². The predicted octanol–water partition coefficient (Wildman–Crippen LogP) is 5.43. The monoisotopic (exact) mass is 403 g/mol. The van der Waals surface area contributed by atoms with Crippen molar-refractivity contribution in [3.8, 4) is 0 Å². The Kier molecular flexibility index (Phi) is 5.29. The molecule has 0 bridgehead atoms. The molecule has 1 aliphatic rings. The molecular formula is C17H14Cl2F3N3O. The van der Waals surface area contributed by atoms with Gasteiger partial charge in [0.05, 0.1) is 26.9 Å². The Morgan fingerprint density at radius 2 is 1.96 bits per heavy atom. The van der Waals surface area contributed by atoms with Gasteiger partial charge >= 0.3 is 6.18 Å². The van der Waals surface area contributed by atoms with Gasteiger partial charge in [0, 0.05) is 12.2 Å². The van der Waals surface area contributed by atoms with Crippen molar-refractivity contribution in [2.24, 2.45) is 0 Å².